The van der Waals surface area contributed by atoms with Gasteiger partial charge in [0.1, 0.15) is 5.78 Å². The quantitative estimate of drug-likeness (QED) is 0.431. The first-order chi connectivity index (χ1) is 8.95. The van der Waals surface area contributed by atoms with Crippen LogP contribution in [0.4, 0.5) is 5.69 Å². The number of nitro groups is 1. The van der Waals surface area contributed by atoms with Gasteiger partial charge in [-0.3, -0.25) is 10.1 Å². The number of rotatable bonds is 7. The summed E-state index contributed by atoms with van der Waals surface area (Å²) in [7, 11) is 1.48. The van der Waals surface area contributed by atoms with Crippen molar-refractivity contribution in [3.8, 4) is 11.5 Å². The van der Waals surface area contributed by atoms with E-state index in [1.54, 1.807) is 13.0 Å². The smallest absolute Gasteiger partial charge is 0.276 e. The van der Waals surface area contributed by atoms with E-state index in [0.717, 1.165) is 0 Å². The largest absolute Gasteiger partial charge is 0.493 e. The minimum absolute atomic E-state index is 0.0117. The number of Topliss-reactive ketones (excluding diaryl/α,β-unsaturated/α-hetero) is 1. The molecule has 0 aliphatic heterocycles. The number of carbonyl (C=O) groups is 1. The molecule has 0 amide bonds. The van der Waals surface area contributed by atoms with Gasteiger partial charge in [-0.1, -0.05) is 0 Å². The second-order valence-electron chi connectivity index (χ2n) is 4.20. The van der Waals surface area contributed by atoms with Crippen molar-refractivity contribution in [3.63, 3.8) is 0 Å². The zero-order valence-electron chi connectivity index (χ0n) is 11.3. The first-order valence-electron chi connectivity index (χ1n) is 5.91. The maximum absolute atomic E-state index is 10.9. The lowest BCUT2D eigenvalue weighted by Crippen LogP contribution is -2.03. The zero-order chi connectivity index (χ0) is 14.4. The van der Waals surface area contributed by atoms with Crippen molar-refractivity contribution >= 4 is 11.5 Å². The summed E-state index contributed by atoms with van der Waals surface area (Å²) in [4.78, 5) is 21.2. The topological polar surface area (TPSA) is 78.7 Å². The number of methoxy groups -OCH3 is 1. The highest BCUT2D eigenvalue weighted by Gasteiger charge is 2.16. The van der Waals surface area contributed by atoms with Gasteiger partial charge in [0.05, 0.1) is 24.7 Å². The van der Waals surface area contributed by atoms with Crippen molar-refractivity contribution in [2.75, 3.05) is 13.7 Å². The molecule has 0 N–H and O–H groups in total. The summed E-state index contributed by atoms with van der Waals surface area (Å²) < 4.78 is 10.6. The average Bonchev–Trinajstić information content (AvgIpc) is 2.34. The summed E-state index contributed by atoms with van der Waals surface area (Å²) in [6.07, 6.45) is 0.996. The third-order valence-electron chi connectivity index (χ3n) is 2.61. The molecule has 0 aliphatic carbocycles. The van der Waals surface area contributed by atoms with Crippen molar-refractivity contribution < 1.29 is 19.2 Å². The van der Waals surface area contributed by atoms with Gasteiger partial charge in [-0.15, -0.1) is 0 Å². The van der Waals surface area contributed by atoms with Crippen LogP contribution in [0, 0.1) is 17.0 Å². The molecule has 1 rings (SSSR count). The fourth-order valence-corrected chi connectivity index (χ4v) is 1.62. The molecule has 6 heteroatoms. The molecule has 0 bridgehead atoms. The maximum atomic E-state index is 10.9. The van der Waals surface area contributed by atoms with Crippen molar-refractivity contribution in [2.24, 2.45) is 0 Å². The Hall–Kier alpha value is -2.11. The number of benzene rings is 1. The standard InChI is InChI=1S/C13H17NO5/c1-9-7-12(18-3)13(8-11(9)14(16)17)19-6-4-5-10(2)15/h7-8H,4-6H2,1-3H3. The molecule has 6 nitrogen and oxygen atoms in total. The number of nitrogens with zero attached hydrogens (tertiary/aromatic N) is 1. The van der Waals surface area contributed by atoms with Gasteiger partial charge in [0.25, 0.3) is 5.69 Å². The van der Waals surface area contributed by atoms with Crippen LogP contribution in [0.25, 0.3) is 0 Å². The van der Waals surface area contributed by atoms with E-state index in [-0.39, 0.29) is 11.5 Å². The summed E-state index contributed by atoms with van der Waals surface area (Å²) in [5.41, 5.74) is 0.500. The Bertz CT molecular complexity index is 484. The van der Waals surface area contributed by atoms with Gasteiger partial charge in [-0.25, -0.2) is 0 Å². The fraction of sp³-hybridized carbons (Fsp3) is 0.462. The number of ether oxygens (including phenoxy) is 2. The van der Waals surface area contributed by atoms with Crippen LogP contribution in [0.2, 0.25) is 0 Å². The monoisotopic (exact) mass is 267 g/mol. The molecule has 0 saturated carbocycles. The number of ketones is 1. The fourth-order valence-electron chi connectivity index (χ4n) is 1.62. The Morgan fingerprint density at radius 1 is 1.37 bits per heavy atom. The number of aryl methyl sites for hydroxylation is 1. The normalized spacial score (nSPS) is 10.1. The molecule has 0 unspecified atom stereocenters. The van der Waals surface area contributed by atoms with Gasteiger partial charge < -0.3 is 14.3 Å². The lowest BCUT2D eigenvalue weighted by atomic mass is 10.2. The summed E-state index contributed by atoms with van der Waals surface area (Å²) in [6, 6.07) is 2.92. The number of carbonyl (C=O) groups excluding carboxylic acids is 1. The molecule has 0 radical (unpaired) electrons. The van der Waals surface area contributed by atoms with E-state index in [0.29, 0.717) is 36.5 Å². The van der Waals surface area contributed by atoms with Crippen LogP contribution in [0.3, 0.4) is 0 Å². The van der Waals surface area contributed by atoms with Crippen molar-refractivity contribution in [1.82, 2.24) is 0 Å². The first kappa shape index (κ1) is 14.9. The van der Waals surface area contributed by atoms with Crippen LogP contribution in [0.5, 0.6) is 11.5 Å². The molecule has 0 atom stereocenters. The molecule has 0 aromatic heterocycles. The molecule has 104 valence electrons. The summed E-state index contributed by atoms with van der Waals surface area (Å²) in [5.74, 6) is 0.861. The second kappa shape index (κ2) is 6.72. The molecular weight excluding hydrogens is 250 g/mol. The van der Waals surface area contributed by atoms with Crippen LogP contribution in [0.15, 0.2) is 12.1 Å². The molecule has 0 fully saturated rings. The van der Waals surface area contributed by atoms with Crippen LogP contribution >= 0.6 is 0 Å². The number of hydrogen-bond donors (Lipinski definition) is 0. The van der Waals surface area contributed by atoms with Gasteiger partial charge in [0.2, 0.25) is 0 Å². The third-order valence-corrected chi connectivity index (χ3v) is 2.61. The Kier molecular flexibility index (Phi) is 5.29. The molecule has 19 heavy (non-hydrogen) atoms. The maximum Gasteiger partial charge on any atom is 0.276 e. The average molecular weight is 267 g/mol. The summed E-state index contributed by atoms with van der Waals surface area (Å²) in [5, 5.41) is 10.9. The van der Waals surface area contributed by atoms with Crippen molar-refractivity contribution in [1.29, 1.82) is 0 Å². The Balaban J connectivity index is 2.82. The predicted octanol–water partition coefficient (Wildman–Crippen LogP) is 2.66. The van der Waals surface area contributed by atoms with E-state index in [2.05, 4.69) is 0 Å². The van der Waals surface area contributed by atoms with Crippen molar-refractivity contribution in [2.45, 2.75) is 26.7 Å². The van der Waals surface area contributed by atoms with Gasteiger partial charge in [0, 0.05) is 12.0 Å². The highest BCUT2D eigenvalue weighted by atomic mass is 16.6. The van der Waals surface area contributed by atoms with Gasteiger partial charge in [0.15, 0.2) is 11.5 Å². The SMILES string of the molecule is COc1cc(C)c([N+](=O)[O-])cc1OCCCC(C)=O. The first-order valence-corrected chi connectivity index (χ1v) is 5.91. The highest BCUT2D eigenvalue weighted by Crippen LogP contribution is 2.34. The predicted molar refractivity (Wildman–Crippen MR) is 69.8 cm³/mol. The summed E-state index contributed by atoms with van der Waals surface area (Å²) >= 11 is 0. The van der Waals surface area contributed by atoms with Gasteiger partial charge >= 0.3 is 0 Å². The molecule has 0 aliphatic rings. The molecule has 0 spiro atoms. The van der Waals surface area contributed by atoms with Crippen LogP contribution < -0.4 is 9.47 Å². The third kappa shape index (κ3) is 4.24. The minimum atomic E-state index is -0.461. The van der Waals surface area contributed by atoms with E-state index in [9.17, 15) is 14.9 Å². The van der Waals surface area contributed by atoms with E-state index >= 15 is 0 Å². The van der Waals surface area contributed by atoms with E-state index in [1.807, 2.05) is 0 Å². The van der Waals surface area contributed by atoms with E-state index < -0.39 is 4.92 Å². The molecule has 0 heterocycles. The van der Waals surface area contributed by atoms with Gasteiger partial charge in [-0.05, 0) is 26.3 Å². The van der Waals surface area contributed by atoms with Crippen molar-refractivity contribution in [3.05, 3.63) is 27.8 Å². The van der Waals surface area contributed by atoms with Crippen LogP contribution in [-0.4, -0.2) is 24.4 Å². The van der Waals surface area contributed by atoms with E-state index in [1.165, 1.54) is 20.1 Å². The minimum Gasteiger partial charge on any atom is -0.493 e. The molecule has 0 saturated heterocycles. The highest BCUT2D eigenvalue weighted by molar-refractivity contribution is 5.75. The Morgan fingerprint density at radius 2 is 2.05 bits per heavy atom. The molecule has 1 aromatic carbocycles. The zero-order valence-corrected chi connectivity index (χ0v) is 11.3. The Morgan fingerprint density at radius 3 is 2.58 bits per heavy atom. The van der Waals surface area contributed by atoms with Crippen LogP contribution in [0.1, 0.15) is 25.3 Å². The summed E-state index contributed by atoms with van der Waals surface area (Å²) in [6.45, 7) is 3.47. The lowest BCUT2D eigenvalue weighted by Gasteiger charge is -2.11. The lowest BCUT2D eigenvalue weighted by molar-refractivity contribution is -0.385. The molecule has 1 aromatic rings. The molecular formula is C13H17NO5. The number of nitro benzene ring substituents is 1. The number of hydrogen-bond acceptors (Lipinski definition) is 5. The van der Waals surface area contributed by atoms with Crippen LogP contribution in [-0.2, 0) is 4.79 Å². The Labute approximate surface area is 111 Å². The van der Waals surface area contributed by atoms with Gasteiger partial charge in [-0.2, -0.15) is 0 Å². The van der Waals surface area contributed by atoms with E-state index in [4.69, 9.17) is 9.47 Å². The second-order valence-corrected chi connectivity index (χ2v) is 4.20.